The molecule has 0 aliphatic carbocycles. The summed E-state index contributed by atoms with van der Waals surface area (Å²) in [6.45, 7) is 8.10. The minimum absolute atomic E-state index is 0. The summed E-state index contributed by atoms with van der Waals surface area (Å²) in [6, 6.07) is 7.61. The fourth-order valence-corrected chi connectivity index (χ4v) is 2.16. The maximum absolute atomic E-state index is 12.3. The van der Waals surface area contributed by atoms with Gasteiger partial charge in [-0.3, -0.25) is 4.79 Å². The van der Waals surface area contributed by atoms with Crippen LogP contribution in [0, 0.1) is 0 Å². The molecule has 0 unspecified atom stereocenters. The number of aromatic nitrogens is 2. The summed E-state index contributed by atoms with van der Waals surface area (Å²) in [4.78, 5) is 12.3. The van der Waals surface area contributed by atoms with E-state index in [4.69, 9.17) is 0 Å². The Labute approximate surface area is 137 Å². The maximum atomic E-state index is 12.3. The van der Waals surface area contributed by atoms with E-state index in [1.165, 1.54) is 0 Å². The first kappa shape index (κ1) is 17.1. The van der Waals surface area contributed by atoms with Crippen molar-refractivity contribution in [2.45, 2.75) is 20.4 Å². The minimum Gasteiger partial charge on any atom is -1.00 e. The van der Waals surface area contributed by atoms with Gasteiger partial charge in [-0.25, -0.2) is 4.68 Å². The van der Waals surface area contributed by atoms with Crippen molar-refractivity contribution < 1.29 is 28.5 Å². The molecular formula is C15H22IN3O. The van der Waals surface area contributed by atoms with Crippen LogP contribution in [0.1, 0.15) is 13.8 Å². The summed E-state index contributed by atoms with van der Waals surface area (Å²) in [5, 5.41) is 5.93. The van der Waals surface area contributed by atoms with E-state index in [-0.39, 0.29) is 29.5 Å². The molecule has 0 aliphatic rings. The number of rotatable bonds is 5. The molecule has 4 nitrogen and oxygen atoms in total. The minimum atomic E-state index is 0. The van der Waals surface area contributed by atoms with Gasteiger partial charge in [0.1, 0.15) is 0 Å². The van der Waals surface area contributed by atoms with E-state index in [2.05, 4.69) is 26.0 Å². The average Bonchev–Trinajstić information content (AvgIpc) is 2.46. The maximum Gasteiger partial charge on any atom is 0.274 e. The van der Waals surface area contributed by atoms with E-state index in [1.54, 1.807) is 10.9 Å². The van der Waals surface area contributed by atoms with Gasteiger partial charge in [-0.05, 0) is 19.9 Å². The second-order valence-electron chi connectivity index (χ2n) is 5.24. The van der Waals surface area contributed by atoms with E-state index >= 15 is 0 Å². The average molecular weight is 387 g/mol. The number of halogens is 1. The molecule has 20 heavy (non-hydrogen) atoms. The van der Waals surface area contributed by atoms with Crippen molar-refractivity contribution in [2.75, 3.05) is 26.7 Å². The molecule has 0 amide bonds. The zero-order chi connectivity index (χ0) is 13.9. The molecule has 0 bridgehead atoms. The van der Waals surface area contributed by atoms with Gasteiger partial charge in [0.05, 0.1) is 44.8 Å². The molecule has 0 saturated heterocycles. The van der Waals surface area contributed by atoms with Gasteiger partial charge in [-0.2, -0.15) is 5.10 Å². The smallest absolute Gasteiger partial charge is 0.274 e. The Balaban J connectivity index is 0.00000200. The van der Waals surface area contributed by atoms with Crippen LogP contribution in [0.15, 0.2) is 35.3 Å². The van der Waals surface area contributed by atoms with E-state index in [0.29, 0.717) is 6.54 Å². The molecule has 0 saturated carbocycles. The SMILES string of the molecule is CC[N+](C)(CC)CCn1ncc2ccccc2c1=O.[I-]. The molecule has 2 aromatic rings. The lowest BCUT2D eigenvalue weighted by atomic mass is 10.2. The Morgan fingerprint density at radius 2 is 1.85 bits per heavy atom. The molecule has 2 rings (SSSR count). The standard InChI is InChI=1S/C15H22N3O.HI/c1-4-18(3,5-2)11-10-17-15(19)14-9-7-6-8-13(14)12-16-17;/h6-9,12H,4-5,10-11H2,1-3H3;1H/q+1;/p-1. The first-order valence-corrected chi connectivity index (χ1v) is 6.88. The molecule has 0 radical (unpaired) electrons. The van der Waals surface area contributed by atoms with E-state index in [0.717, 1.165) is 34.9 Å². The van der Waals surface area contributed by atoms with Crippen molar-refractivity contribution in [1.29, 1.82) is 0 Å². The first-order chi connectivity index (χ1) is 9.09. The van der Waals surface area contributed by atoms with Crippen LogP contribution in [0.25, 0.3) is 10.8 Å². The summed E-state index contributed by atoms with van der Waals surface area (Å²) in [6.07, 6.45) is 1.78. The molecular weight excluding hydrogens is 365 g/mol. The highest BCUT2D eigenvalue weighted by Crippen LogP contribution is 2.07. The molecule has 0 fully saturated rings. The van der Waals surface area contributed by atoms with Crippen LogP contribution in [0.5, 0.6) is 0 Å². The third kappa shape index (κ3) is 3.58. The second kappa shape index (κ2) is 7.17. The highest BCUT2D eigenvalue weighted by Gasteiger charge is 2.16. The molecule has 1 aromatic heterocycles. The lowest BCUT2D eigenvalue weighted by Crippen LogP contribution is -3.00. The number of hydrogen-bond donors (Lipinski definition) is 0. The van der Waals surface area contributed by atoms with Crippen LogP contribution in [-0.2, 0) is 6.54 Å². The van der Waals surface area contributed by atoms with Crippen molar-refractivity contribution in [1.82, 2.24) is 9.78 Å². The van der Waals surface area contributed by atoms with Gasteiger partial charge in [0, 0.05) is 5.39 Å². The third-order valence-corrected chi connectivity index (χ3v) is 4.14. The van der Waals surface area contributed by atoms with Gasteiger partial charge >= 0.3 is 0 Å². The summed E-state index contributed by atoms with van der Waals surface area (Å²) in [5.41, 5.74) is 0.0110. The molecule has 110 valence electrons. The molecule has 0 atom stereocenters. The topological polar surface area (TPSA) is 34.9 Å². The fourth-order valence-electron chi connectivity index (χ4n) is 2.16. The molecule has 0 aliphatic heterocycles. The van der Waals surface area contributed by atoms with Gasteiger partial charge in [-0.1, -0.05) is 18.2 Å². The number of fused-ring (bicyclic) bond motifs is 1. The van der Waals surface area contributed by atoms with Crippen molar-refractivity contribution in [2.24, 2.45) is 0 Å². The Kier molecular flexibility index (Phi) is 6.13. The normalized spacial score (nSPS) is 11.3. The van der Waals surface area contributed by atoms with Crippen LogP contribution < -0.4 is 29.5 Å². The van der Waals surface area contributed by atoms with Gasteiger partial charge in [0.15, 0.2) is 0 Å². The van der Waals surface area contributed by atoms with Crippen molar-refractivity contribution in [3.8, 4) is 0 Å². The number of nitrogens with zero attached hydrogens (tertiary/aromatic N) is 3. The van der Waals surface area contributed by atoms with Gasteiger partial charge in [0.2, 0.25) is 0 Å². The van der Waals surface area contributed by atoms with Crippen LogP contribution >= 0.6 is 0 Å². The summed E-state index contributed by atoms with van der Waals surface area (Å²) < 4.78 is 2.55. The third-order valence-electron chi connectivity index (χ3n) is 4.14. The summed E-state index contributed by atoms with van der Waals surface area (Å²) in [7, 11) is 2.21. The van der Waals surface area contributed by atoms with Crippen LogP contribution in [0.3, 0.4) is 0 Å². The zero-order valence-corrected chi connectivity index (χ0v) is 14.5. The predicted octanol–water partition coefficient (Wildman–Crippen LogP) is -1.11. The lowest BCUT2D eigenvalue weighted by Gasteiger charge is -2.32. The van der Waals surface area contributed by atoms with Gasteiger partial charge < -0.3 is 28.5 Å². The highest BCUT2D eigenvalue weighted by molar-refractivity contribution is 5.80. The second-order valence-corrected chi connectivity index (χ2v) is 5.24. The number of quaternary nitrogens is 1. The monoisotopic (exact) mass is 387 g/mol. The van der Waals surface area contributed by atoms with Crippen molar-refractivity contribution in [3.63, 3.8) is 0 Å². The van der Waals surface area contributed by atoms with Crippen LogP contribution in [0.4, 0.5) is 0 Å². The Morgan fingerprint density at radius 1 is 1.20 bits per heavy atom. The van der Waals surface area contributed by atoms with Crippen molar-refractivity contribution >= 4 is 10.8 Å². The van der Waals surface area contributed by atoms with E-state index in [1.807, 2.05) is 24.3 Å². The Morgan fingerprint density at radius 3 is 2.50 bits per heavy atom. The fraction of sp³-hybridized carbons (Fsp3) is 0.467. The quantitative estimate of drug-likeness (QED) is 0.482. The highest BCUT2D eigenvalue weighted by atomic mass is 127. The largest absolute Gasteiger partial charge is 1.00 e. The zero-order valence-electron chi connectivity index (χ0n) is 12.3. The van der Waals surface area contributed by atoms with E-state index in [9.17, 15) is 4.79 Å². The number of hydrogen-bond acceptors (Lipinski definition) is 2. The molecule has 1 heterocycles. The van der Waals surface area contributed by atoms with E-state index < -0.39 is 0 Å². The lowest BCUT2D eigenvalue weighted by molar-refractivity contribution is -0.906. The molecule has 0 spiro atoms. The summed E-state index contributed by atoms with van der Waals surface area (Å²) in [5.74, 6) is 0. The summed E-state index contributed by atoms with van der Waals surface area (Å²) >= 11 is 0. The van der Waals surface area contributed by atoms with Gasteiger partial charge in [-0.15, -0.1) is 0 Å². The Hall–Kier alpha value is -0.950. The van der Waals surface area contributed by atoms with Crippen molar-refractivity contribution in [3.05, 3.63) is 40.8 Å². The molecule has 0 N–H and O–H groups in total. The van der Waals surface area contributed by atoms with Crippen LogP contribution in [-0.4, -0.2) is 40.9 Å². The predicted molar refractivity (Wildman–Crippen MR) is 78.1 cm³/mol. The van der Waals surface area contributed by atoms with Gasteiger partial charge in [0.25, 0.3) is 5.56 Å². The number of likely N-dealkylation sites (N-methyl/N-ethyl adjacent to an activating group) is 1. The van der Waals surface area contributed by atoms with Crippen LogP contribution in [0.2, 0.25) is 0 Å². The first-order valence-electron chi connectivity index (χ1n) is 6.88. The molecule has 1 aromatic carbocycles. The Bertz CT molecular complexity index is 620. The number of benzene rings is 1. The molecule has 5 heteroatoms.